The lowest BCUT2D eigenvalue weighted by molar-refractivity contribution is -0.256. The lowest BCUT2D eigenvalue weighted by Gasteiger charge is -2.48. The number of aliphatic carboxylic acids is 1. The summed E-state index contributed by atoms with van der Waals surface area (Å²) < 4.78 is 5.41. The van der Waals surface area contributed by atoms with Crippen LogP contribution in [0.3, 0.4) is 0 Å². The zero-order valence-electron chi connectivity index (χ0n) is 15.8. The number of hydrogen-bond acceptors (Lipinski definition) is 11. The van der Waals surface area contributed by atoms with Crippen LogP contribution >= 0.6 is 0 Å². The van der Waals surface area contributed by atoms with Crippen LogP contribution in [0, 0.1) is 0 Å². The van der Waals surface area contributed by atoms with Crippen LogP contribution in [0.5, 0.6) is 0 Å². The molecule has 12 nitrogen and oxygen atoms in total. The fourth-order valence-electron chi connectivity index (χ4n) is 4.30. The lowest BCUT2D eigenvalue weighted by Crippen LogP contribution is -2.77. The molecule has 0 saturated carbocycles. The molecule has 0 aromatic heterocycles. The molecule has 0 amide bonds. The molecule has 30 heavy (non-hydrogen) atoms. The summed E-state index contributed by atoms with van der Waals surface area (Å²) in [6.45, 7) is -0.182. The van der Waals surface area contributed by atoms with Gasteiger partial charge in [0.25, 0.3) is 0 Å². The van der Waals surface area contributed by atoms with Crippen LogP contribution in [0.15, 0.2) is 40.3 Å². The Morgan fingerprint density at radius 1 is 1.23 bits per heavy atom. The van der Waals surface area contributed by atoms with Crippen molar-refractivity contribution in [1.29, 1.82) is 0 Å². The van der Waals surface area contributed by atoms with Crippen molar-refractivity contribution in [3.8, 4) is 0 Å². The third-order valence-electron chi connectivity index (χ3n) is 5.66. The minimum absolute atomic E-state index is 0.0549. The van der Waals surface area contributed by atoms with Crippen molar-refractivity contribution in [3.05, 3.63) is 35.9 Å². The molecule has 3 aliphatic rings. The molecule has 1 aromatic carbocycles. The molecule has 3 aliphatic heterocycles. The van der Waals surface area contributed by atoms with Crippen LogP contribution in [-0.2, 0) is 9.53 Å². The fraction of sp³-hybridized carbons (Fsp3) is 0.444. The topological polar surface area (TPSA) is 196 Å². The van der Waals surface area contributed by atoms with Gasteiger partial charge in [-0.1, -0.05) is 18.2 Å². The highest BCUT2D eigenvalue weighted by Crippen LogP contribution is 2.46. The van der Waals surface area contributed by atoms with Crippen LogP contribution in [0.4, 0.5) is 0 Å². The Morgan fingerprint density at radius 2 is 1.93 bits per heavy atom. The third kappa shape index (κ3) is 2.83. The molecule has 0 radical (unpaired) electrons. The highest BCUT2D eigenvalue weighted by molar-refractivity contribution is 5.90. The van der Waals surface area contributed by atoms with Crippen LogP contribution < -0.4 is 16.8 Å². The van der Waals surface area contributed by atoms with Crippen LogP contribution in [0.2, 0.25) is 0 Å². The maximum Gasteiger partial charge on any atom is 0.338 e. The average Bonchev–Trinajstić information content (AvgIpc) is 3.16. The number of carbonyl (C=O) groups excluding carboxylic acids is 1. The predicted molar refractivity (Wildman–Crippen MR) is 103 cm³/mol. The number of carboxylic acid groups (broad SMARTS) is 1. The maximum atomic E-state index is 12.5. The van der Waals surface area contributed by atoms with Crippen molar-refractivity contribution >= 4 is 23.9 Å². The largest absolute Gasteiger partial charge is 0.481 e. The summed E-state index contributed by atoms with van der Waals surface area (Å²) in [4.78, 5) is 33.4. The van der Waals surface area contributed by atoms with Gasteiger partial charge in [0.1, 0.15) is 6.04 Å². The zero-order valence-corrected chi connectivity index (χ0v) is 15.8. The highest BCUT2D eigenvalue weighted by Gasteiger charge is 2.74. The summed E-state index contributed by atoms with van der Waals surface area (Å²) in [5.74, 6) is -4.59. The van der Waals surface area contributed by atoms with Gasteiger partial charge in [0.2, 0.25) is 5.79 Å². The Morgan fingerprint density at radius 3 is 2.60 bits per heavy atom. The van der Waals surface area contributed by atoms with Gasteiger partial charge in [-0.25, -0.2) is 14.8 Å². The average molecular weight is 418 g/mol. The second-order valence-electron chi connectivity index (χ2n) is 7.43. The van der Waals surface area contributed by atoms with Gasteiger partial charge in [-0.2, -0.15) is 0 Å². The molecule has 0 aliphatic carbocycles. The fourth-order valence-corrected chi connectivity index (χ4v) is 4.30. The molecular formula is C18H22N6O6. The van der Waals surface area contributed by atoms with E-state index in [1.807, 2.05) is 0 Å². The minimum atomic E-state index is -2.66. The molecule has 0 unspecified atom stereocenters. The Labute approximate surface area is 170 Å². The molecule has 4 rings (SSSR count). The number of nitrogens with one attached hydrogen (secondary N) is 1. The second kappa shape index (κ2) is 6.85. The van der Waals surface area contributed by atoms with Gasteiger partial charge < -0.3 is 41.7 Å². The Hall–Kier alpha value is -3.38. The van der Waals surface area contributed by atoms with E-state index in [0.29, 0.717) is 0 Å². The number of nitrogens with two attached hydrogens (primary N) is 2. The number of benzene rings is 1. The molecular weight excluding hydrogens is 396 g/mol. The lowest BCUT2D eigenvalue weighted by atomic mass is 9.84. The van der Waals surface area contributed by atoms with E-state index >= 15 is 0 Å². The molecule has 1 aromatic rings. The number of ether oxygens (including phenoxy) is 1. The number of esters is 1. The quantitative estimate of drug-likeness (QED) is 0.224. The summed E-state index contributed by atoms with van der Waals surface area (Å²) >= 11 is 0. The number of guanidine groups is 2. The van der Waals surface area contributed by atoms with E-state index in [1.54, 1.807) is 18.2 Å². The van der Waals surface area contributed by atoms with E-state index in [4.69, 9.17) is 21.3 Å². The van der Waals surface area contributed by atoms with Crippen molar-refractivity contribution in [2.45, 2.75) is 42.5 Å². The summed E-state index contributed by atoms with van der Waals surface area (Å²) in [6, 6.07) is 6.38. The number of carboxylic acids is 1. The molecule has 12 heteroatoms. The van der Waals surface area contributed by atoms with Crippen molar-refractivity contribution in [1.82, 2.24) is 10.2 Å². The van der Waals surface area contributed by atoms with Crippen LogP contribution in [-0.4, -0.2) is 80.3 Å². The standard InChI is InChI=1S/C18H22N6O6/c19-15-22-13-10(6-7-12(25)26)21-16(20)24-8-11(18(28,29)17(13,24)23-15)30-14(27)9-4-2-1-3-5-9/h1-5,10-11,13,28-29H,6-8H2,(H2,20,21)(H,25,26)(H3,19,22,23)/t10-,11-,13-,17-/m0/s1. The summed E-state index contributed by atoms with van der Waals surface area (Å²) in [5.41, 5.74) is 10.4. The normalized spacial score (nSPS) is 31.1. The first-order valence-corrected chi connectivity index (χ1v) is 9.31. The van der Waals surface area contributed by atoms with Gasteiger partial charge in [-0.3, -0.25) is 4.79 Å². The number of aliphatic hydroxyl groups is 2. The van der Waals surface area contributed by atoms with Crippen molar-refractivity contribution in [3.63, 3.8) is 0 Å². The number of carbonyl (C=O) groups is 2. The molecule has 1 spiro atoms. The van der Waals surface area contributed by atoms with Crippen molar-refractivity contribution in [2.24, 2.45) is 21.5 Å². The number of rotatable bonds is 5. The number of hydrogen-bond donors (Lipinski definition) is 6. The van der Waals surface area contributed by atoms with Crippen LogP contribution in [0.1, 0.15) is 23.2 Å². The first-order chi connectivity index (χ1) is 14.2. The summed E-state index contributed by atoms with van der Waals surface area (Å²) in [7, 11) is 0. The molecule has 3 heterocycles. The number of aliphatic imine (C=N–C) groups is 2. The van der Waals surface area contributed by atoms with E-state index in [0.717, 1.165) is 0 Å². The molecule has 0 bridgehead atoms. The Kier molecular flexibility index (Phi) is 4.55. The van der Waals surface area contributed by atoms with Crippen molar-refractivity contribution in [2.75, 3.05) is 6.54 Å². The monoisotopic (exact) mass is 418 g/mol. The minimum Gasteiger partial charge on any atom is -0.481 e. The van der Waals surface area contributed by atoms with E-state index < -0.39 is 41.6 Å². The van der Waals surface area contributed by atoms with Gasteiger partial charge >= 0.3 is 11.9 Å². The molecule has 8 N–H and O–H groups in total. The van der Waals surface area contributed by atoms with Gasteiger partial charge in [0, 0.05) is 6.42 Å². The predicted octanol–water partition coefficient (Wildman–Crippen LogP) is -2.25. The number of nitrogens with zero attached hydrogens (tertiary/aromatic N) is 3. The molecule has 1 saturated heterocycles. The summed E-state index contributed by atoms with van der Waals surface area (Å²) in [5, 5.41) is 34.1. The van der Waals surface area contributed by atoms with Crippen LogP contribution in [0.25, 0.3) is 0 Å². The van der Waals surface area contributed by atoms with E-state index in [2.05, 4.69) is 15.3 Å². The Balaban J connectivity index is 1.67. The van der Waals surface area contributed by atoms with E-state index in [1.165, 1.54) is 17.0 Å². The van der Waals surface area contributed by atoms with Gasteiger partial charge in [-0.05, 0) is 18.6 Å². The first-order valence-electron chi connectivity index (χ1n) is 9.31. The zero-order chi connectivity index (χ0) is 21.7. The molecule has 1 fully saturated rings. The smallest absolute Gasteiger partial charge is 0.338 e. The first kappa shape index (κ1) is 19.9. The SMILES string of the molecule is NC1=N[C@H]2[C@H](CCC(=O)O)N=C(N)N3C[C@H](OC(=O)c4ccccc4)C(O)(O)[C@]23N1. The molecule has 4 atom stereocenters. The second-order valence-corrected chi connectivity index (χ2v) is 7.43. The van der Waals surface area contributed by atoms with E-state index in [9.17, 15) is 19.8 Å². The third-order valence-corrected chi connectivity index (χ3v) is 5.66. The highest BCUT2D eigenvalue weighted by atomic mass is 16.6. The Bertz CT molecular complexity index is 934. The van der Waals surface area contributed by atoms with Gasteiger partial charge in [-0.15, -0.1) is 0 Å². The van der Waals surface area contributed by atoms with Crippen molar-refractivity contribution < 1.29 is 29.6 Å². The molecule has 160 valence electrons. The summed E-state index contributed by atoms with van der Waals surface area (Å²) in [6.07, 6.45) is -1.58. The van der Waals surface area contributed by atoms with E-state index in [-0.39, 0.29) is 36.9 Å². The maximum absolute atomic E-state index is 12.5. The van der Waals surface area contributed by atoms with Gasteiger partial charge in [0.15, 0.2) is 23.7 Å². The van der Waals surface area contributed by atoms with Gasteiger partial charge in [0.05, 0.1) is 18.2 Å².